The fourth-order valence-electron chi connectivity index (χ4n) is 10.4. The normalized spacial score (nSPS) is 23.1. The number of carbonyl (C=O) groups is 5. The number of methoxy groups -OCH3 is 1. The third-order valence-corrected chi connectivity index (χ3v) is 14.0. The number of likely N-dealkylation sites (tertiary alicyclic amines) is 2. The van der Waals surface area contributed by atoms with Crippen LogP contribution in [0.25, 0.3) is 33.3 Å². The quantitative estimate of drug-likeness (QED) is 0.148. The zero-order chi connectivity index (χ0) is 46.7. The van der Waals surface area contributed by atoms with E-state index in [-0.39, 0.29) is 49.3 Å². The van der Waals surface area contributed by atoms with Gasteiger partial charge in [-0.15, -0.1) is 0 Å². The van der Waals surface area contributed by atoms with Crippen LogP contribution < -0.4 is 10.7 Å². The van der Waals surface area contributed by atoms with Gasteiger partial charge in [0.1, 0.15) is 18.1 Å². The van der Waals surface area contributed by atoms with E-state index in [2.05, 4.69) is 79.1 Å². The van der Waals surface area contributed by atoms with Gasteiger partial charge in [0.05, 0.1) is 30.0 Å². The van der Waals surface area contributed by atoms with Crippen LogP contribution in [0.5, 0.6) is 0 Å². The molecular formula is C52H65N7O7. The molecule has 3 fully saturated rings. The molecule has 0 radical (unpaired) electrons. The average Bonchev–Trinajstić information content (AvgIpc) is 3.85. The van der Waals surface area contributed by atoms with Gasteiger partial charge in [0.15, 0.2) is 0 Å². The lowest BCUT2D eigenvalue weighted by atomic mass is 9.84. The summed E-state index contributed by atoms with van der Waals surface area (Å²) in [6.45, 7) is 14.3. The van der Waals surface area contributed by atoms with Gasteiger partial charge in [-0.25, -0.2) is 5.43 Å². The Kier molecular flexibility index (Phi) is 14.1. The van der Waals surface area contributed by atoms with E-state index in [9.17, 15) is 24.0 Å². The molecule has 4 aliphatic rings. The molecule has 0 spiro atoms. The topological polar surface area (TPSA) is 155 Å². The number of nitrogens with one attached hydrogen (secondary N) is 2. The second-order valence-electron chi connectivity index (χ2n) is 19.2. The first-order valence-electron chi connectivity index (χ1n) is 23.8. The third-order valence-electron chi connectivity index (χ3n) is 14.0. The summed E-state index contributed by atoms with van der Waals surface area (Å²) in [5.41, 5.74) is 10.6. The van der Waals surface area contributed by atoms with Crippen LogP contribution in [0.3, 0.4) is 0 Å². The van der Waals surface area contributed by atoms with Crippen molar-refractivity contribution in [2.45, 2.75) is 116 Å². The lowest BCUT2D eigenvalue weighted by Crippen LogP contribution is -2.62. The largest absolute Gasteiger partial charge is 0.464 e. The Hall–Kier alpha value is -5.86. The number of esters is 1. The molecule has 5 atom stereocenters. The molecule has 4 aliphatic heterocycles. The fraction of sp³-hybridized carbons (Fsp3) is 0.500. The summed E-state index contributed by atoms with van der Waals surface area (Å²) < 4.78 is 14.3. The van der Waals surface area contributed by atoms with Crippen molar-refractivity contribution in [3.8, 4) is 22.4 Å². The van der Waals surface area contributed by atoms with Crippen molar-refractivity contribution in [2.75, 3.05) is 39.9 Å². The fourth-order valence-corrected chi connectivity index (χ4v) is 10.4. The molecule has 2 aromatic heterocycles. The van der Waals surface area contributed by atoms with Crippen LogP contribution in [-0.2, 0) is 52.8 Å². The van der Waals surface area contributed by atoms with Gasteiger partial charge in [0.25, 0.3) is 5.91 Å². The maximum atomic E-state index is 14.8. The Bertz CT molecular complexity index is 2500. The summed E-state index contributed by atoms with van der Waals surface area (Å²) in [4.78, 5) is 78.0. The van der Waals surface area contributed by atoms with Crippen molar-refractivity contribution in [1.82, 2.24) is 35.1 Å². The van der Waals surface area contributed by atoms with Crippen molar-refractivity contribution in [3.05, 3.63) is 90.3 Å². The number of benzene rings is 2. The number of hydrazine groups is 1. The maximum Gasteiger partial charge on any atom is 0.324 e. The van der Waals surface area contributed by atoms with Crippen LogP contribution in [-0.4, -0.2) is 112 Å². The van der Waals surface area contributed by atoms with E-state index >= 15 is 0 Å². The molecule has 3 saturated heterocycles. The van der Waals surface area contributed by atoms with Gasteiger partial charge in [0.2, 0.25) is 17.7 Å². The smallest absolute Gasteiger partial charge is 0.324 e. The van der Waals surface area contributed by atoms with Crippen LogP contribution in [0, 0.1) is 11.3 Å². The number of amides is 4. The number of hydrogen-bond acceptors (Lipinski definition) is 9. The highest BCUT2D eigenvalue weighted by Crippen LogP contribution is 2.42. The van der Waals surface area contributed by atoms with Gasteiger partial charge in [-0.3, -0.25) is 34.0 Å². The molecule has 0 aliphatic carbocycles. The highest BCUT2D eigenvalue weighted by atomic mass is 16.5. The Balaban J connectivity index is 1.18. The molecule has 6 heterocycles. The van der Waals surface area contributed by atoms with Crippen molar-refractivity contribution in [3.63, 3.8) is 0 Å². The second kappa shape index (κ2) is 19.9. The predicted octanol–water partition coefficient (Wildman–Crippen LogP) is 6.55. The van der Waals surface area contributed by atoms with E-state index in [1.54, 1.807) is 23.1 Å². The first kappa shape index (κ1) is 46.7. The Morgan fingerprint density at radius 3 is 2.61 bits per heavy atom. The second-order valence-corrected chi connectivity index (χ2v) is 19.2. The Morgan fingerprint density at radius 1 is 1.00 bits per heavy atom. The van der Waals surface area contributed by atoms with Crippen LogP contribution in [0.4, 0.5) is 0 Å². The average molecular weight is 900 g/mol. The van der Waals surface area contributed by atoms with Gasteiger partial charge in [-0.2, -0.15) is 0 Å². The van der Waals surface area contributed by atoms with Gasteiger partial charge < -0.3 is 29.2 Å². The third kappa shape index (κ3) is 9.67. The summed E-state index contributed by atoms with van der Waals surface area (Å²) in [5.74, 6) is -1.97. The monoisotopic (exact) mass is 899 g/mol. The minimum absolute atomic E-state index is 0.144. The number of hydrogen-bond donors (Lipinski definition) is 2. The SMILES string of the molecule is C=CC(=O)N1CC[C@H](C(=O)N2CCCCC[C@H]2C(=O)N[C@H]2Cc3cccc(c3)-c3ccc4c(c3)c(c(-c3cccnc3[C@H](C)OC)n4CC)CC(C)(C)COC(=O)[C@@H]3CCCN(N3)C2=O)C1. The predicted molar refractivity (Wildman–Crippen MR) is 253 cm³/mol. The number of aryl methyl sites for hydroxylation is 1. The molecule has 4 aromatic rings. The van der Waals surface area contributed by atoms with Crippen molar-refractivity contribution in [2.24, 2.45) is 11.3 Å². The molecule has 66 heavy (non-hydrogen) atoms. The van der Waals surface area contributed by atoms with E-state index < -0.39 is 35.4 Å². The number of pyridine rings is 1. The molecule has 0 saturated carbocycles. The van der Waals surface area contributed by atoms with Crippen molar-refractivity contribution in [1.29, 1.82) is 0 Å². The van der Waals surface area contributed by atoms with Crippen LogP contribution in [0.1, 0.15) is 95.6 Å². The van der Waals surface area contributed by atoms with Gasteiger partial charge in [0, 0.05) is 74.3 Å². The standard InChI is InChI=1S/C52H65N7O7/c1-7-45(60)56-26-22-37(31-56)49(62)58-24-11-9-10-19-44(58)48(61)54-42-28-34-15-12-16-35(27-34)36-20-21-43-39(29-36)40(47(57(43)8-2)38-17-13-23-53-46(38)33(3)65-6)30-52(4,5)32-66-51(64)41-18-14-25-59(55-41)50(42)63/h7,12-13,15-17,20-21,23,27,29,33,37,41-42,44,55H,1,8-11,14,18-19,22,24-26,28,30-32H2,2-6H3,(H,54,61)/t33-,37-,41-,42-,44-/m0/s1. The lowest BCUT2D eigenvalue weighted by molar-refractivity contribution is -0.155. The molecule has 2 aromatic carbocycles. The number of cyclic esters (lactones) is 1. The molecule has 8 rings (SSSR count). The summed E-state index contributed by atoms with van der Waals surface area (Å²) in [6, 6.07) is 16.1. The van der Waals surface area contributed by atoms with Crippen molar-refractivity contribution < 1.29 is 33.4 Å². The minimum Gasteiger partial charge on any atom is -0.464 e. The number of aromatic nitrogens is 2. The first-order chi connectivity index (χ1) is 31.8. The van der Waals surface area contributed by atoms with E-state index in [1.807, 2.05) is 25.1 Å². The summed E-state index contributed by atoms with van der Waals surface area (Å²) in [5, 5.41) is 5.67. The van der Waals surface area contributed by atoms with E-state index in [1.165, 1.54) is 11.1 Å². The number of ether oxygens (including phenoxy) is 2. The molecule has 14 heteroatoms. The molecule has 2 N–H and O–H groups in total. The zero-order valence-electron chi connectivity index (χ0n) is 39.1. The van der Waals surface area contributed by atoms with Gasteiger partial charge in [-0.05, 0) is 105 Å². The van der Waals surface area contributed by atoms with Gasteiger partial charge >= 0.3 is 5.97 Å². The molecule has 350 valence electrons. The molecule has 6 bridgehead atoms. The highest BCUT2D eigenvalue weighted by molar-refractivity contribution is 5.96. The van der Waals surface area contributed by atoms with E-state index in [4.69, 9.17) is 14.5 Å². The summed E-state index contributed by atoms with van der Waals surface area (Å²) in [6.07, 6.45) is 7.99. The Morgan fingerprint density at radius 2 is 1.82 bits per heavy atom. The zero-order valence-corrected chi connectivity index (χ0v) is 39.1. The summed E-state index contributed by atoms with van der Waals surface area (Å²) >= 11 is 0. The van der Waals surface area contributed by atoms with Gasteiger partial charge in [-0.1, -0.05) is 63.6 Å². The molecular weight excluding hydrogens is 835 g/mol. The highest BCUT2D eigenvalue weighted by Gasteiger charge is 2.41. The van der Waals surface area contributed by atoms with E-state index in [0.717, 1.165) is 69.4 Å². The molecule has 0 unspecified atom stereocenters. The lowest BCUT2D eigenvalue weighted by Gasteiger charge is -2.36. The van der Waals surface area contributed by atoms with E-state index in [0.29, 0.717) is 58.3 Å². The number of rotatable bonds is 8. The number of fused-ring (bicyclic) bond motifs is 6. The van der Waals surface area contributed by atoms with Crippen LogP contribution in [0.15, 0.2) is 73.4 Å². The Labute approximate surface area is 388 Å². The molecule has 14 nitrogen and oxygen atoms in total. The number of carbonyl (C=O) groups excluding carboxylic acids is 5. The molecule has 4 amide bonds. The van der Waals surface area contributed by atoms with Crippen LogP contribution in [0.2, 0.25) is 0 Å². The van der Waals surface area contributed by atoms with Crippen molar-refractivity contribution >= 4 is 40.5 Å². The first-order valence-corrected chi connectivity index (χ1v) is 23.8. The van der Waals surface area contributed by atoms with Crippen LogP contribution >= 0.6 is 0 Å². The summed E-state index contributed by atoms with van der Waals surface area (Å²) in [7, 11) is 1.69. The number of nitrogens with zero attached hydrogens (tertiary/aromatic N) is 5. The minimum atomic E-state index is -1.02. The maximum absolute atomic E-state index is 14.8.